The normalized spacial score (nSPS) is 10.5. The van der Waals surface area contributed by atoms with E-state index in [0.717, 1.165) is 17.3 Å². The number of anilines is 1. The molecular weight excluding hydrogens is 394 g/mol. The molecule has 0 fully saturated rings. The molecule has 0 bridgehead atoms. The Morgan fingerprint density at radius 1 is 1.17 bits per heavy atom. The first-order valence-electron chi connectivity index (χ1n) is 8.70. The predicted octanol–water partition coefficient (Wildman–Crippen LogP) is 3.63. The number of hydrogen-bond donors (Lipinski definition) is 1. The van der Waals surface area contributed by atoms with Crippen LogP contribution < -0.4 is 5.32 Å². The molecular formula is C19H17N5O4S. The Bertz CT molecular complexity index is 1050. The second-order valence-electron chi connectivity index (χ2n) is 5.89. The van der Waals surface area contributed by atoms with Crippen LogP contribution in [0.3, 0.4) is 0 Å². The Balaban J connectivity index is 1.73. The molecule has 3 aromatic rings. The Labute approximate surface area is 170 Å². The third kappa shape index (κ3) is 5.05. The second kappa shape index (κ2) is 9.11. The second-order valence-corrected chi connectivity index (χ2v) is 6.83. The molecule has 0 aliphatic carbocycles. The third-order valence-electron chi connectivity index (χ3n) is 3.82. The Morgan fingerprint density at radius 3 is 2.62 bits per heavy atom. The number of rotatable bonds is 7. The highest BCUT2D eigenvalue weighted by Gasteiger charge is 2.18. The van der Waals surface area contributed by atoms with E-state index in [1.165, 1.54) is 22.9 Å². The van der Waals surface area contributed by atoms with E-state index in [0.29, 0.717) is 16.7 Å². The number of nitrogens with zero attached hydrogens (tertiary/aromatic N) is 4. The van der Waals surface area contributed by atoms with Gasteiger partial charge in [0, 0.05) is 29.8 Å². The zero-order chi connectivity index (χ0) is 20.8. The van der Waals surface area contributed by atoms with Crippen LogP contribution in [0.2, 0.25) is 0 Å². The number of benzene rings is 2. The number of nitro benzene ring substituents is 1. The minimum absolute atomic E-state index is 0.0351. The molecule has 0 atom stereocenters. The lowest BCUT2D eigenvalue weighted by Crippen LogP contribution is -2.16. The molecule has 2 aromatic carbocycles. The first-order valence-corrected chi connectivity index (χ1v) is 9.69. The van der Waals surface area contributed by atoms with Crippen molar-refractivity contribution in [2.75, 3.05) is 11.1 Å². The van der Waals surface area contributed by atoms with Crippen molar-refractivity contribution in [2.45, 2.75) is 18.5 Å². The first kappa shape index (κ1) is 20.2. The summed E-state index contributed by atoms with van der Waals surface area (Å²) in [5.74, 6) is -0.252. The van der Waals surface area contributed by atoms with E-state index in [-0.39, 0.29) is 29.7 Å². The highest BCUT2D eigenvalue weighted by atomic mass is 32.2. The van der Waals surface area contributed by atoms with Gasteiger partial charge in [-0.15, -0.1) is 5.10 Å². The lowest BCUT2D eigenvalue weighted by molar-refractivity contribution is -0.384. The van der Waals surface area contributed by atoms with E-state index in [9.17, 15) is 19.7 Å². The molecule has 1 heterocycles. The molecule has 3 rings (SSSR count). The van der Waals surface area contributed by atoms with Gasteiger partial charge in [-0.3, -0.25) is 19.7 Å². The minimum Gasteiger partial charge on any atom is -0.325 e. The summed E-state index contributed by atoms with van der Waals surface area (Å²) in [6.07, 6.45) is 0.241. The number of non-ortho nitro benzene ring substituents is 1. The SMILES string of the molecule is CCC(=O)n1nc(-c2ccccc2)nc1SCC(=O)Nc1cccc([N+](=O)[O-])c1. The maximum absolute atomic E-state index is 12.3. The summed E-state index contributed by atoms with van der Waals surface area (Å²) in [6.45, 7) is 1.72. The van der Waals surface area contributed by atoms with Crippen molar-refractivity contribution in [1.82, 2.24) is 14.8 Å². The van der Waals surface area contributed by atoms with Crippen molar-refractivity contribution in [2.24, 2.45) is 0 Å². The monoisotopic (exact) mass is 411 g/mol. The lowest BCUT2D eigenvalue weighted by atomic mass is 10.2. The molecule has 0 radical (unpaired) electrons. The molecule has 0 saturated heterocycles. The van der Waals surface area contributed by atoms with Gasteiger partial charge >= 0.3 is 0 Å². The van der Waals surface area contributed by atoms with Crippen LogP contribution in [0.15, 0.2) is 59.8 Å². The van der Waals surface area contributed by atoms with Gasteiger partial charge in [0.1, 0.15) is 0 Å². The summed E-state index contributed by atoms with van der Waals surface area (Å²) in [5, 5.41) is 18.0. The molecule has 0 saturated carbocycles. The Morgan fingerprint density at radius 2 is 1.93 bits per heavy atom. The molecule has 148 valence electrons. The number of nitro groups is 1. The molecule has 29 heavy (non-hydrogen) atoms. The molecule has 1 aromatic heterocycles. The van der Waals surface area contributed by atoms with Crippen molar-refractivity contribution in [3.63, 3.8) is 0 Å². The van der Waals surface area contributed by atoms with E-state index < -0.39 is 4.92 Å². The van der Waals surface area contributed by atoms with E-state index in [2.05, 4.69) is 15.4 Å². The molecule has 0 aliphatic rings. The Kier molecular flexibility index (Phi) is 6.35. The summed E-state index contributed by atoms with van der Waals surface area (Å²) in [7, 11) is 0. The van der Waals surface area contributed by atoms with Gasteiger partial charge < -0.3 is 5.32 Å². The van der Waals surface area contributed by atoms with Gasteiger partial charge in [-0.1, -0.05) is 55.1 Å². The number of carbonyl (C=O) groups excluding carboxylic acids is 2. The molecule has 0 spiro atoms. The van der Waals surface area contributed by atoms with Crippen LogP contribution in [0.5, 0.6) is 0 Å². The molecule has 9 nitrogen and oxygen atoms in total. The number of carbonyl (C=O) groups is 2. The molecule has 1 N–H and O–H groups in total. The molecule has 10 heteroatoms. The fraction of sp³-hybridized carbons (Fsp3) is 0.158. The average molecular weight is 411 g/mol. The Hall–Kier alpha value is -3.53. The maximum atomic E-state index is 12.3. The summed E-state index contributed by atoms with van der Waals surface area (Å²) < 4.78 is 1.20. The van der Waals surface area contributed by atoms with Crippen LogP contribution in [-0.2, 0) is 4.79 Å². The minimum atomic E-state index is -0.533. The van der Waals surface area contributed by atoms with Gasteiger partial charge in [0.25, 0.3) is 5.69 Å². The van der Waals surface area contributed by atoms with Crippen LogP contribution in [0, 0.1) is 10.1 Å². The van der Waals surface area contributed by atoms with Crippen LogP contribution in [0.25, 0.3) is 11.4 Å². The van der Waals surface area contributed by atoms with Crippen molar-refractivity contribution in [3.8, 4) is 11.4 Å². The van der Waals surface area contributed by atoms with Crippen molar-refractivity contribution >= 4 is 35.0 Å². The van der Waals surface area contributed by atoms with E-state index in [1.807, 2.05) is 30.3 Å². The zero-order valence-electron chi connectivity index (χ0n) is 15.4. The molecule has 0 aliphatic heterocycles. The van der Waals surface area contributed by atoms with Crippen LogP contribution in [-0.4, -0.2) is 37.3 Å². The fourth-order valence-electron chi connectivity index (χ4n) is 2.44. The zero-order valence-corrected chi connectivity index (χ0v) is 16.3. The van der Waals surface area contributed by atoms with Gasteiger partial charge in [-0.25, -0.2) is 4.98 Å². The van der Waals surface area contributed by atoms with Crippen molar-refractivity contribution in [1.29, 1.82) is 0 Å². The number of hydrogen-bond acceptors (Lipinski definition) is 7. The van der Waals surface area contributed by atoms with Crippen LogP contribution >= 0.6 is 11.8 Å². The number of aromatic nitrogens is 3. The summed E-state index contributed by atoms with van der Waals surface area (Å²) >= 11 is 1.07. The summed E-state index contributed by atoms with van der Waals surface area (Å²) in [6, 6.07) is 14.9. The topological polar surface area (TPSA) is 120 Å². The highest BCUT2D eigenvalue weighted by Crippen LogP contribution is 2.23. The number of amides is 1. The maximum Gasteiger partial charge on any atom is 0.271 e. The van der Waals surface area contributed by atoms with Gasteiger partial charge in [0.05, 0.1) is 10.7 Å². The van der Waals surface area contributed by atoms with Gasteiger partial charge in [0.15, 0.2) is 11.0 Å². The lowest BCUT2D eigenvalue weighted by Gasteiger charge is -2.05. The van der Waals surface area contributed by atoms with Crippen molar-refractivity contribution < 1.29 is 14.5 Å². The summed E-state index contributed by atoms with van der Waals surface area (Å²) in [5.41, 5.74) is 0.968. The van der Waals surface area contributed by atoms with Gasteiger partial charge in [-0.05, 0) is 6.07 Å². The van der Waals surface area contributed by atoms with Gasteiger partial charge in [-0.2, -0.15) is 4.68 Å². The van der Waals surface area contributed by atoms with Crippen LogP contribution in [0.4, 0.5) is 11.4 Å². The van der Waals surface area contributed by atoms with Gasteiger partial charge in [0.2, 0.25) is 11.8 Å². The fourth-order valence-corrected chi connectivity index (χ4v) is 3.19. The van der Waals surface area contributed by atoms with E-state index in [1.54, 1.807) is 13.0 Å². The van der Waals surface area contributed by atoms with E-state index >= 15 is 0 Å². The largest absolute Gasteiger partial charge is 0.325 e. The van der Waals surface area contributed by atoms with Crippen LogP contribution in [0.1, 0.15) is 18.1 Å². The smallest absolute Gasteiger partial charge is 0.271 e. The third-order valence-corrected chi connectivity index (χ3v) is 4.75. The average Bonchev–Trinajstić information content (AvgIpc) is 3.17. The number of thioether (sulfide) groups is 1. The van der Waals surface area contributed by atoms with E-state index in [4.69, 9.17) is 0 Å². The standard InChI is InChI=1S/C19H17N5O4S/c1-2-17(26)23-19(21-18(22-23)13-7-4-3-5-8-13)29-12-16(25)20-14-9-6-10-15(11-14)24(27)28/h3-11H,2,12H2,1H3,(H,20,25). The predicted molar refractivity (Wildman–Crippen MR) is 109 cm³/mol. The molecule has 0 unspecified atom stereocenters. The number of nitrogens with one attached hydrogen (secondary N) is 1. The molecule has 1 amide bonds. The first-order chi connectivity index (χ1) is 14.0. The summed E-state index contributed by atoms with van der Waals surface area (Å²) in [4.78, 5) is 39.1. The highest BCUT2D eigenvalue weighted by molar-refractivity contribution is 7.99. The van der Waals surface area contributed by atoms with Crippen molar-refractivity contribution in [3.05, 3.63) is 64.7 Å². The quantitative estimate of drug-likeness (QED) is 0.358.